The number of ether oxygens (including phenoxy) is 2. The molecule has 1 amide bonds. The summed E-state index contributed by atoms with van der Waals surface area (Å²) >= 11 is 7.51. The maximum absolute atomic E-state index is 12.4. The first-order valence-corrected chi connectivity index (χ1v) is 11.2. The van der Waals surface area contributed by atoms with Crippen LogP contribution in [0.3, 0.4) is 0 Å². The third kappa shape index (κ3) is 5.92. The highest BCUT2D eigenvalue weighted by molar-refractivity contribution is 7.99. The fourth-order valence-corrected chi connectivity index (χ4v) is 3.74. The van der Waals surface area contributed by atoms with Crippen LogP contribution in [0.5, 0.6) is 11.5 Å². The summed E-state index contributed by atoms with van der Waals surface area (Å²) in [6.45, 7) is 6.58. The molecule has 3 aromatic rings. The van der Waals surface area contributed by atoms with Gasteiger partial charge in [-0.3, -0.25) is 4.79 Å². The molecule has 9 heteroatoms. The molecule has 1 aromatic heterocycles. The topological polar surface area (TPSA) is 78.3 Å². The van der Waals surface area contributed by atoms with E-state index in [4.69, 9.17) is 21.1 Å². The predicted molar refractivity (Wildman–Crippen MR) is 123 cm³/mol. The molecule has 0 unspecified atom stereocenters. The number of para-hydroxylation sites is 2. The van der Waals surface area contributed by atoms with E-state index < -0.39 is 0 Å². The number of thioether (sulfide) groups is 1. The minimum atomic E-state index is -0.148. The summed E-state index contributed by atoms with van der Waals surface area (Å²) in [4.78, 5) is 12.4. The van der Waals surface area contributed by atoms with E-state index in [2.05, 4.69) is 15.5 Å². The molecule has 1 heterocycles. The Labute approximate surface area is 191 Å². The number of nitrogens with one attached hydrogen (secondary N) is 1. The van der Waals surface area contributed by atoms with Crippen LogP contribution >= 0.6 is 23.4 Å². The monoisotopic (exact) mass is 460 g/mol. The fraction of sp³-hybridized carbons (Fsp3) is 0.318. The number of aromatic nitrogens is 3. The lowest BCUT2D eigenvalue weighted by molar-refractivity contribution is -0.113. The van der Waals surface area contributed by atoms with Crippen LogP contribution in [0.1, 0.15) is 23.9 Å². The molecule has 0 radical (unpaired) electrons. The SMILES string of the molecule is CCOc1ccccc1NC(=O)CSc1nnc(COc2cc(C)c(Cl)c(C)c2)n1C. The molecule has 0 saturated carbocycles. The van der Waals surface area contributed by atoms with Crippen LogP contribution in [0.25, 0.3) is 0 Å². The number of aryl methyl sites for hydroxylation is 2. The van der Waals surface area contributed by atoms with Crippen LogP contribution in [0, 0.1) is 13.8 Å². The smallest absolute Gasteiger partial charge is 0.234 e. The first kappa shape index (κ1) is 23.0. The minimum absolute atomic E-state index is 0.148. The lowest BCUT2D eigenvalue weighted by Crippen LogP contribution is -2.15. The molecule has 7 nitrogen and oxygen atoms in total. The van der Waals surface area contributed by atoms with Crippen LogP contribution in [0.2, 0.25) is 5.02 Å². The molecule has 1 N–H and O–H groups in total. The Morgan fingerprint density at radius 2 is 1.87 bits per heavy atom. The van der Waals surface area contributed by atoms with Gasteiger partial charge in [-0.25, -0.2) is 0 Å². The number of hydrogen-bond acceptors (Lipinski definition) is 6. The number of hydrogen-bond donors (Lipinski definition) is 1. The third-order valence-corrected chi connectivity index (χ3v) is 6.11. The van der Waals surface area contributed by atoms with E-state index in [1.165, 1.54) is 11.8 Å². The molecule has 0 aliphatic carbocycles. The normalized spacial score (nSPS) is 10.7. The van der Waals surface area contributed by atoms with Crippen molar-refractivity contribution in [1.29, 1.82) is 0 Å². The van der Waals surface area contributed by atoms with Crippen molar-refractivity contribution in [2.75, 3.05) is 17.7 Å². The Morgan fingerprint density at radius 3 is 2.58 bits per heavy atom. The van der Waals surface area contributed by atoms with Gasteiger partial charge >= 0.3 is 0 Å². The van der Waals surface area contributed by atoms with E-state index in [1.807, 2.05) is 68.8 Å². The lowest BCUT2D eigenvalue weighted by Gasteiger charge is -2.11. The Balaban J connectivity index is 1.56. The predicted octanol–water partition coefficient (Wildman–Crippen LogP) is 4.79. The lowest BCUT2D eigenvalue weighted by atomic mass is 10.1. The number of halogens is 1. The molecule has 0 atom stereocenters. The van der Waals surface area contributed by atoms with Crippen molar-refractivity contribution in [3.63, 3.8) is 0 Å². The van der Waals surface area contributed by atoms with Gasteiger partial charge in [-0.15, -0.1) is 10.2 Å². The number of benzene rings is 2. The Hall–Kier alpha value is -2.71. The number of anilines is 1. The molecular formula is C22H25ClN4O3S. The van der Waals surface area contributed by atoms with E-state index in [9.17, 15) is 4.79 Å². The van der Waals surface area contributed by atoms with Gasteiger partial charge < -0.3 is 19.4 Å². The molecule has 0 aliphatic heterocycles. The number of carbonyl (C=O) groups is 1. The molecule has 2 aromatic carbocycles. The maximum atomic E-state index is 12.4. The van der Waals surface area contributed by atoms with Crippen LogP contribution in [0.4, 0.5) is 5.69 Å². The van der Waals surface area contributed by atoms with Crippen molar-refractivity contribution in [2.45, 2.75) is 32.5 Å². The molecule has 164 valence electrons. The van der Waals surface area contributed by atoms with E-state index in [0.29, 0.717) is 29.0 Å². The Bertz CT molecular complexity index is 1050. The average Bonchev–Trinajstić information content (AvgIpc) is 3.10. The van der Waals surface area contributed by atoms with E-state index in [-0.39, 0.29) is 18.3 Å². The van der Waals surface area contributed by atoms with Crippen molar-refractivity contribution in [3.05, 3.63) is 58.4 Å². The van der Waals surface area contributed by atoms with Crippen LogP contribution in [-0.2, 0) is 18.4 Å². The second-order valence-electron chi connectivity index (χ2n) is 6.88. The molecule has 3 rings (SSSR count). The standard InChI is InChI=1S/C22H25ClN4O3S/c1-5-29-18-9-7-6-8-17(18)24-20(28)13-31-22-26-25-19(27(22)4)12-30-16-10-14(2)21(23)15(3)11-16/h6-11H,5,12-13H2,1-4H3,(H,24,28). The van der Waals surface area contributed by atoms with Crippen molar-refractivity contribution in [3.8, 4) is 11.5 Å². The fourth-order valence-electron chi connectivity index (χ4n) is 2.90. The third-order valence-electron chi connectivity index (χ3n) is 4.50. The summed E-state index contributed by atoms with van der Waals surface area (Å²) < 4.78 is 13.2. The van der Waals surface area contributed by atoms with Gasteiger partial charge in [-0.2, -0.15) is 0 Å². The largest absolute Gasteiger partial charge is 0.492 e. The van der Waals surface area contributed by atoms with Gasteiger partial charge in [0, 0.05) is 12.1 Å². The summed E-state index contributed by atoms with van der Waals surface area (Å²) in [7, 11) is 1.85. The van der Waals surface area contributed by atoms with Gasteiger partial charge in [0.05, 0.1) is 18.0 Å². The molecule has 0 aliphatic rings. The van der Waals surface area contributed by atoms with E-state index in [0.717, 1.165) is 21.9 Å². The highest BCUT2D eigenvalue weighted by Gasteiger charge is 2.14. The summed E-state index contributed by atoms with van der Waals surface area (Å²) in [5.41, 5.74) is 2.57. The number of carbonyl (C=O) groups excluding carboxylic acids is 1. The van der Waals surface area contributed by atoms with Crippen molar-refractivity contribution >= 4 is 35.0 Å². The van der Waals surface area contributed by atoms with E-state index >= 15 is 0 Å². The van der Waals surface area contributed by atoms with Gasteiger partial charge in [0.1, 0.15) is 18.1 Å². The quantitative estimate of drug-likeness (QED) is 0.462. The zero-order valence-corrected chi connectivity index (χ0v) is 19.5. The maximum Gasteiger partial charge on any atom is 0.234 e. The van der Waals surface area contributed by atoms with Gasteiger partial charge in [0.15, 0.2) is 11.0 Å². The molecular weight excluding hydrogens is 436 g/mol. The molecule has 0 bridgehead atoms. The van der Waals surface area contributed by atoms with Crippen LogP contribution < -0.4 is 14.8 Å². The zero-order valence-electron chi connectivity index (χ0n) is 17.9. The van der Waals surface area contributed by atoms with Crippen molar-refractivity contribution < 1.29 is 14.3 Å². The van der Waals surface area contributed by atoms with Crippen molar-refractivity contribution in [2.24, 2.45) is 7.05 Å². The first-order valence-electron chi connectivity index (χ1n) is 9.81. The Morgan fingerprint density at radius 1 is 1.16 bits per heavy atom. The van der Waals surface area contributed by atoms with Crippen LogP contribution in [-0.4, -0.2) is 33.0 Å². The second kappa shape index (κ2) is 10.5. The molecule has 0 fully saturated rings. The number of amides is 1. The number of nitrogens with zero attached hydrogens (tertiary/aromatic N) is 3. The minimum Gasteiger partial charge on any atom is -0.492 e. The van der Waals surface area contributed by atoms with E-state index in [1.54, 1.807) is 0 Å². The summed E-state index contributed by atoms with van der Waals surface area (Å²) in [5.74, 6) is 2.08. The van der Waals surface area contributed by atoms with Crippen LogP contribution in [0.15, 0.2) is 41.6 Å². The molecule has 0 saturated heterocycles. The molecule has 0 spiro atoms. The van der Waals surface area contributed by atoms with Gasteiger partial charge in [0.2, 0.25) is 5.91 Å². The van der Waals surface area contributed by atoms with Gasteiger partial charge in [-0.05, 0) is 56.2 Å². The highest BCUT2D eigenvalue weighted by atomic mass is 35.5. The first-order chi connectivity index (χ1) is 14.9. The van der Waals surface area contributed by atoms with Gasteiger partial charge in [-0.1, -0.05) is 35.5 Å². The summed E-state index contributed by atoms with van der Waals surface area (Å²) in [6, 6.07) is 11.1. The summed E-state index contributed by atoms with van der Waals surface area (Å²) in [6.07, 6.45) is 0. The summed E-state index contributed by atoms with van der Waals surface area (Å²) in [5, 5.41) is 12.6. The highest BCUT2D eigenvalue weighted by Crippen LogP contribution is 2.27. The molecule has 31 heavy (non-hydrogen) atoms. The second-order valence-corrected chi connectivity index (χ2v) is 8.20. The Kier molecular flexibility index (Phi) is 7.81. The van der Waals surface area contributed by atoms with Gasteiger partial charge in [0.25, 0.3) is 0 Å². The van der Waals surface area contributed by atoms with Crippen molar-refractivity contribution in [1.82, 2.24) is 14.8 Å². The zero-order chi connectivity index (χ0) is 22.4. The number of rotatable bonds is 9. The average molecular weight is 461 g/mol.